The molecule has 1 aromatic heterocycles. The summed E-state index contributed by atoms with van der Waals surface area (Å²) in [4.78, 5) is 34.7. The number of rotatable bonds is 6. The highest BCUT2D eigenvalue weighted by atomic mass is 35.5. The number of aromatic amines is 1. The molecule has 0 saturated carbocycles. The van der Waals surface area contributed by atoms with Gasteiger partial charge in [0.05, 0.1) is 16.5 Å². The number of hydrogen-bond donors (Lipinski definition) is 2. The van der Waals surface area contributed by atoms with E-state index in [2.05, 4.69) is 29.1 Å². The molecular weight excluding hydrogens is 400 g/mol. The van der Waals surface area contributed by atoms with E-state index in [-0.39, 0.29) is 30.2 Å². The summed E-state index contributed by atoms with van der Waals surface area (Å²) < 4.78 is 0. The molecule has 3 aromatic rings. The summed E-state index contributed by atoms with van der Waals surface area (Å²) in [6, 6.07) is 13.3. The lowest BCUT2D eigenvalue weighted by atomic mass is 10.1. The second-order valence-corrected chi connectivity index (χ2v) is 8.11. The van der Waals surface area contributed by atoms with Crippen LogP contribution in [0, 0.1) is 5.92 Å². The highest BCUT2D eigenvalue weighted by molar-refractivity contribution is 6.35. The van der Waals surface area contributed by atoms with Gasteiger partial charge in [0, 0.05) is 30.3 Å². The number of amides is 2. The first kappa shape index (κ1) is 20.4. The second kappa shape index (κ2) is 8.48. The number of carbonyl (C=O) groups is 2. The van der Waals surface area contributed by atoms with Crippen molar-refractivity contribution in [1.29, 1.82) is 0 Å². The van der Waals surface area contributed by atoms with Gasteiger partial charge in [-0.05, 0) is 49.2 Å². The fourth-order valence-corrected chi connectivity index (χ4v) is 4.30. The Morgan fingerprint density at radius 1 is 1.23 bits per heavy atom. The van der Waals surface area contributed by atoms with E-state index < -0.39 is 0 Å². The molecule has 30 heavy (non-hydrogen) atoms. The van der Waals surface area contributed by atoms with Gasteiger partial charge in [0.25, 0.3) is 0 Å². The van der Waals surface area contributed by atoms with Crippen molar-refractivity contribution in [3.63, 3.8) is 0 Å². The Kier molecular flexibility index (Phi) is 5.77. The number of anilines is 1. The molecule has 0 radical (unpaired) electrons. The fourth-order valence-electron chi connectivity index (χ4n) is 4.08. The Balaban J connectivity index is 1.44. The largest absolute Gasteiger partial charge is 0.339 e. The SMILES string of the molecule is CCC(CC)N1CC(C(=O)Nc2ccc(-c3nc4c(Cl)cccc4[nH]3)cc2)CC1=O. The zero-order valence-corrected chi connectivity index (χ0v) is 17.9. The summed E-state index contributed by atoms with van der Waals surface area (Å²) in [6.07, 6.45) is 2.09. The topological polar surface area (TPSA) is 78.1 Å². The number of hydrogen-bond acceptors (Lipinski definition) is 3. The van der Waals surface area contributed by atoms with Gasteiger partial charge in [-0.25, -0.2) is 4.98 Å². The highest BCUT2D eigenvalue weighted by Gasteiger charge is 2.36. The standard InChI is InChI=1S/C23H25ClN4O2/c1-3-17(4-2)28-13-15(12-20(28)29)23(30)25-16-10-8-14(9-11-16)22-26-19-7-5-6-18(24)21(19)27-22/h5-11,15,17H,3-4,12-13H2,1-2H3,(H,25,30)(H,26,27). The van der Waals surface area contributed by atoms with Crippen molar-refractivity contribution in [2.45, 2.75) is 39.2 Å². The molecule has 1 saturated heterocycles. The predicted octanol–water partition coefficient (Wildman–Crippen LogP) is 4.86. The number of nitrogens with zero attached hydrogens (tertiary/aromatic N) is 2. The molecule has 1 aliphatic heterocycles. The van der Waals surface area contributed by atoms with Crippen LogP contribution in [0.3, 0.4) is 0 Å². The van der Waals surface area contributed by atoms with E-state index in [9.17, 15) is 9.59 Å². The molecule has 1 atom stereocenters. The minimum atomic E-state index is -0.310. The first-order valence-electron chi connectivity index (χ1n) is 10.3. The van der Waals surface area contributed by atoms with Crippen LogP contribution in [0.5, 0.6) is 0 Å². The van der Waals surface area contributed by atoms with Gasteiger partial charge in [0.15, 0.2) is 0 Å². The maximum atomic E-state index is 12.7. The normalized spacial score (nSPS) is 16.6. The molecule has 0 spiro atoms. The summed E-state index contributed by atoms with van der Waals surface area (Å²) in [7, 11) is 0. The van der Waals surface area contributed by atoms with E-state index in [1.165, 1.54) is 0 Å². The molecule has 1 aliphatic rings. The van der Waals surface area contributed by atoms with Crippen LogP contribution in [0.15, 0.2) is 42.5 Å². The summed E-state index contributed by atoms with van der Waals surface area (Å²) in [5.41, 5.74) is 3.21. The van der Waals surface area contributed by atoms with E-state index in [4.69, 9.17) is 11.6 Å². The molecule has 2 N–H and O–H groups in total. The summed E-state index contributed by atoms with van der Waals surface area (Å²) >= 11 is 6.20. The van der Waals surface area contributed by atoms with Crippen molar-refractivity contribution in [3.05, 3.63) is 47.5 Å². The number of para-hydroxylation sites is 1. The lowest BCUT2D eigenvalue weighted by Gasteiger charge is -2.26. The predicted molar refractivity (Wildman–Crippen MR) is 119 cm³/mol. The average Bonchev–Trinajstić information content (AvgIpc) is 3.35. The van der Waals surface area contributed by atoms with Crippen LogP contribution in [0.4, 0.5) is 5.69 Å². The zero-order valence-electron chi connectivity index (χ0n) is 17.1. The number of fused-ring (bicyclic) bond motifs is 1. The van der Waals surface area contributed by atoms with E-state index in [0.717, 1.165) is 35.3 Å². The van der Waals surface area contributed by atoms with Crippen LogP contribution in [0.2, 0.25) is 5.02 Å². The highest BCUT2D eigenvalue weighted by Crippen LogP contribution is 2.27. The van der Waals surface area contributed by atoms with Crippen molar-refractivity contribution in [2.75, 3.05) is 11.9 Å². The lowest BCUT2D eigenvalue weighted by molar-refractivity contribution is -0.130. The third kappa shape index (κ3) is 3.92. The van der Waals surface area contributed by atoms with Crippen LogP contribution in [0.1, 0.15) is 33.1 Å². The molecule has 4 rings (SSSR count). The molecule has 6 nitrogen and oxygen atoms in total. The molecular formula is C23H25ClN4O2. The summed E-state index contributed by atoms with van der Waals surface area (Å²) in [5, 5.41) is 3.55. The molecule has 2 aromatic carbocycles. The Morgan fingerprint density at radius 2 is 1.97 bits per heavy atom. The van der Waals surface area contributed by atoms with Crippen molar-refractivity contribution in [2.24, 2.45) is 5.92 Å². The Labute approximate surface area is 180 Å². The number of benzene rings is 2. The third-order valence-corrected chi connectivity index (χ3v) is 6.11. The molecule has 1 unspecified atom stereocenters. The van der Waals surface area contributed by atoms with Gasteiger partial charge < -0.3 is 15.2 Å². The van der Waals surface area contributed by atoms with Gasteiger partial charge >= 0.3 is 0 Å². The number of H-pyrrole nitrogens is 1. The van der Waals surface area contributed by atoms with Crippen molar-refractivity contribution >= 4 is 40.1 Å². The molecule has 1 fully saturated rings. The van der Waals surface area contributed by atoms with Crippen molar-refractivity contribution in [3.8, 4) is 11.4 Å². The second-order valence-electron chi connectivity index (χ2n) is 7.71. The molecule has 2 heterocycles. The Morgan fingerprint density at radius 3 is 2.63 bits per heavy atom. The van der Waals surface area contributed by atoms with Crippen LogP contribution in [-0.4, -0.2) is 39.3 Å². The molecule has 2 amide bonds. The smallest absolute Gasteiger partial charge is 0.229 e. The van der Waals surface area contributed by atoms with Gasteiger partial charge in [0.2, 0.25) is 11.8 Å². The minimum absolute atomic E-state index is 0.0720. The Hall–Kier alpha value is -2.86. The number of nitrogens with one attached hydrogen (secondary N) is 2. The van der Waals surface area contributed by atoms with E-state index >= 15 is 0 Å². The van der Waals surface area contributed by atoms with E-state index in [1.54, 1.807) is 0 Å². The van der Waals surface area contributed by atoms with Crippen molar-refractivity contribution in [1.82, 2.24) is 14.9 Å². The minimum Gasteiger partial charge on any atom is -0.339 e. The van der Waals surface area contributed by atoms with Crippen LogP contribution in [-0.2, 0) is 9.59 Å². The van der Waals surface area contributed by atoms with Gasteiger partial charge in [-0.3, -0.25) is 9.59 Å². The van der Waals surface area contributed by atoms with Gasteiger partial charge in [-0.2, -0.15) is 0 Å². The summed E-state index contributed by atoms with van der Waals surface area (Å²) in [5.74, 6) is 0.372. The molecule has 0 aliphatic carbocycles. The van der Waals surface area contributed by atoms with Gasteiger partial charge in [-0.1, -0.05) is 31.5 Å². The van der Waals surface area contributed by atoms with Crippen LogP contribution >= 0.6 is 11.6 Å². The third-order valence-electron chi connectivity index (χ3n) is 5.80. The monoisotopic (exact) mass is 424 g/mol. The molecule has 156 valence electrons. The number of aromatic nitrogens is 2. The van der Waals surface area contributed by atoms with Gasteiger partial charge in [-0.15, -0.1) is 0 Å². The number of carbonyl (C=O) groups excluding carboxylic acids is 2. The lowest BCUT2D eigenvalue weighted by Crippen LogP contribution is -2.36. The maximum absolute atomic E-state index is 12.7. The Bertz CT molecular complexity index is 1070. The van der Waals surface area contributed by atoms with Gasteiger partial charge in [0.1, 0.15) is 11.3 Å². The first-order valence-corrected chi connectivity index (χ1v) is 10.7. The number of imidazole rings is 1. The fraction of sp³-hybridized carbons (Fsp3) is 0.348. The van der Waals surface area contributed by atoms with E-state index in [1.807, 2.05) is 47.4 Å². The first-order chi connectivity index (χ1) is 14.5. The molecule has 0 bridgehead atoms. The maximum Gasteiger partial charge on any atom is 0.229 e. The van der Waals surface area contributed by atoms with E-state index in [0.29, 0.717) is 17.3 Å². The molecule has 7 heteroatoms. The van der Waals surface area contributed by atoms with Crippen LogP contribution in [0.25, 0.3) is 22.4 Å². The van der Waals surface area contributed by atoms with Crippen LogP contribution < -0.4 is 5.32 Å². The summed E-state index contributed by atoms with van der Waals surface area (Å²) in [6.45, 7) is 4.65. The van der Waals surface area contributed by atoms with Crippen molar-refractivity contribution < 1.29 is 9.59 Å². The quantitative estimate of drug-likeness (QED) is 0.593. The number of halogens is 1. The average molecular weight is 425 g/mol. The number of likely N-dealkylation sites (tertiary alicyclic amines) is 1. The zero-order chi connectivity index (χ0) is 21.3.